The van der Waals surface area contributed by atoms with Crippen LogP contribution in [0.15, 0.2) is 12.3 Å². The normalized spacial score (nSPS) is 11.4. The first-order valence-electron chi connectivity index (χ1n) is 6.45. The SMILES string of the molecule is C=C(C(C)=O)N(NC(=O)OC(C)(C)C)C(=O)OC(C)(C)C. The van der Waals surface area contributed by atoms with Crippen molar-refractivity contribution in [3.8, 4) is 0 Å². The van der Waals surface area contributed by atoms with Crippen molar-refractivity contribution in [3.05, 3.63) is 12.3 Å². The summed E-state index contributed by atoms with van der Waals surface area (Å²) < 4.78 is 10.1. The van der Waals surface area contributed by atoms with E-state index in [0.717, 1.165) is 0 Å². The van der Waals surface area contributed by atoms with Crippen molar-refractivity contribution in [3.63, 3.8) is 0 Å². The zero-order valence-electron chi connectivity index (χ0n) is 13.7. The van der Waals surface area contributed by atoms with Gasteiger partial charge in [-0.3, -0.25) is 4.79 Å². The molecule has 7 heteroatoms. The highest BCUT2D eigenvalue weighted by molar-refractivity contribution is 5.96. The van der Waals surface area contributed by atoms with Crippen LogP contribution in [0.3, 0.4) is 0 Å². The van der Waals surface area contributed by atoms with Crippen LogP contribution in [0, 0.1) is 0 Å². The Morgan fingerprint density at radius 3 is 1.71 bits per heavy atom. The van der Waals surface area contributed by atoms with Crippen molar-refractivity contribution in [2.75, 3.05) is 0 Å². The van der Waals surface area contributed by atoms with Gasteiger partial charge in [0.05, 0.1) is 0 Å². The molecule has 0 aliphatic carbocycles. The minimum atomic E-state index is -0.923. The fraction of sp³-hybridized carbons (Fsp3) is 0.643. The molecule has 0 saturated heterocycles. The smallest absolute Gasteiger partial charge is 0.434 e. The average Bonchev–Trinajstić information content (AvgIpc) is 2.19. The van der Waals surface area contributed by atoms with E-state index in [0.29, 0.717) is 5.01 Å². The van der Waals surface area contributed by atoms with Gasteiger partial charge in [-0.1, -0.05) is 6.58 Å². The first-order chi connectivity index (χ1) is 9.23. The molecule has 0 heterocycles. The van der Waals surface area contributed by atoms with Gasteiger partial charge >= 0.3 is 12.2 Å². The maximum atomic E-state index is 12.0. The molecule has 2 amide bonds. The van der Waals surface area contributed by atoms with Crippen molar-refractivity contribution in [1.82, 2.24) is 10.4 Å². The summed E-state index contributed by atoms with van der Waals surface area (Å²) in [5.41, 5.74) is 0.389. The number of Topliss-reactive ketones (excluding diaryl/α,β-unsaturated/α-hetero) is 1. The van der Waals surface area contributed by atoms with Crippen LogP contribution in [0.2, 0.25) is 0 Å². The zero-order chi connectivity index (χ0) is 17.0. The molecule has 7 nitrogen and oxygen atoms in total. The van der Waals surface area contributed by atoms with Crippen molar-refractivity contribution in [1.29, 1.82) is 0 Å². The third-order valence-corrected chi connectivity index (χ3v) is 1.85. The Bertz CT molecular complexity index is 443. The third-order valence-electron chi connectivity index (χ3n) is 1.85. The van der Waals surface area contributed by atoms with Gasteiger partial charge in [-0.15, -0.1) is 0 Å². The van der Waals surface area contributed by atoms with Gasteiger partial charge in [0, 0.05) is 6.92 Å². The molecular formula is C14H24N2O5. The molecule has 0 aliphatic rings. The number of nitrogens with zero attached hydrogens (tertiary/aromatic N) is 1. The van der Waals surface area contributed by atoms with Gasteiger partial charge in [0.15, 0.2) is 5.78 Å². The fourth-order valence-corrected chi connectivity index (χ4v) is 1.08. The number of rotatable bonds is 2. The molecule has 1 N–H and O–H groups in total. The fourth-order valence-electron chi connectivity index (χ4n) is 1.08. The van der Waals surface area contributed by atoms with Crippen LogP contribution in [0.5, 0.6) is 0 Å². The summed E-state index contributed by atoms with van der Waals surface area (Å²) in [5, 5.41) is 0.641. The van der Waals surface area contributed by atoms with Gasteiger partial charge in [0.25, 0.3) is 0 Å². The molecule has 0 saturated carbocycles. The highest BCUT2D eigenvalue weighted by Crippen LogP contribution is 2.13. The lowest BCUT2D eigenvalue weighted by molar-refractivity contribution is -0.115. The summed E-state index contributed by atoms with van der Waals surface area (Å²) in [4.78, 5) is 35.1. The second-order valence-electron chi connectivity index (χ2n) is 6.43. The van der Waals surface area contributed by atoms with E-state index in [2.05, 4.69) is 12.0 Å². The standard InChI is InChI=1S/C14H24N2O5/c1-9(10(2)17)16(12(19)21-14(6,7)8)15-11(18)20-13(3,4)5/h1H2,2-8H3,(H,15,18). The number of hydrazine groups is 1. The summed E-state index contributed by atoms with van der Waals surface area (Å²) in [5.74, 6) is -0.489. The lowest BCUT2D eigenvalue weighted by Gasteiger charge is -2.28. The predicted molar refractivity (Wildman–Crippen MR) is 77.3 cm³/mol. The van der Waals surface area contributed by atoms with E-state index in [9.17, 15) is 14.4 Å². The van der Waals surface area contributed by atoms with E-state index < -0.39 is 29.2 Å². The number of ketones is 1. The van der Waals surface area contributed by atoms with Crippen LogP contribution >= 0.6 is 0 Å². The lowest BCUT2D eigenvalue weighted by atomic mass is 10.2. The van der Waals surface area contributed by atoms with Crippen LogP contribution in [0.25, 0.3) is 0 Å². The van der Waals surface area contributed by atoms with Crippen LogP contribution in [-0.4, -0.2) is 34.2 Å². The predicted octanol–water partition coefficient (Wildman–Crippen LogP) is 2.77. The monoisotopic (exact) mass is 300 g/mol. The van der Waals surface area contributed by atoms with Crippen LogP contribution in [-0.2, 0) is 14.3 Å². The average molecular weight is 300 g/mol. The lowest BCUT2D eigenvalue weighted by Crippen LogP contribution is -2.50. The summed E-state index contributed by atoms with van der Waals surface area (Å²) in [6, 6.07) is 0. The summed E-state index contributed by atoms with van der Waals surface area (Å²) in [6.45, 7) is 14.7. The molecule has 0 fully saturated rings. The molecule has 0 aromatic rings. The van der Waals surface area contributed by atoms with Crippen LogP contribution in [0.1, 0.15) is 48.5 Å². The Kier molecular flexibility index (Phi) is 5.96. The first kappa shape index (κ1) is 18.9. The van der Waals surface area contributed by atoms with Crippen molar-refractivity contribution in [2.24, 2.45) is 0 Å². The second kappa shape index (κ2) is 6.60. The maximum absolute atomic E-state index is 12.0. The van der Waals surface area contributed by atoms with Gasteiger partial charge in [-0.2, -0.15) is 5.01 Å². The van der Waals surface area contributed by atoms with Crippen molar-refractivity contribution in [2.45, 2.75) is 59.7 Å². The number of hydrogen-bond donors (Lipinski definition) is 1. The van der Waals surface area contributed by atoms with Crippen LogP contribution in [0.4, 0.5) is 9.59 Å². The molecule has 0 aliphatic heterocycles. The third kappa shape index (κ3) is 7.96. The van der Waals surface area contributed by atoms with E-state index in [-0.39, 0.29) is 5.70 Å². The Labute approximate surface area is 125 Å². The molecule has 0 rings (SSSR count). The minimum absolute atomic E-state index is 0.227. The van der Waals surface area contributed by atoms with E-state index in [1.165, 1.54) is 6.92 Å². The number of amides is 2. The molecule has 0 atom stereocenters. The van der Waals surface area contributed by atoms with Gasteiger partial charge in [0.2, 0.25) is 0 Å². The molecule has 120 valence electrons. The molecule has 0 aromatic heterocycles. The topological polar surface area (TPSA) is 84.9 Å². The Morgan fingerprint density at radius 1 is 0.952 bits per heavy atom. The number of hydrogen-bond acceptors (Lipinski definition) is 5. The number of carbonyl (C=O) groups excluding carboxylic acids is 3. The quantitative estimate of drug-likeness (QED) is 0.626. The van der Waals surface area contributed by atoms with Crippen LogP contribution < -0.4 is 5.43 Å². The highest BCUT2D eigenvalue weighted by atomic mass is 16.6. The van der Waals surface area contributed by atoms with Gasteiger partial charge < -0.3 is 9.47 Å². The van der Waals surface area contributed by atoms with Gasteiger partial charge in [0.1, 0.15) is 16.9 Å². The molecule has 0 spiro atoms. The minimum Gasteiger partial charge on any atom is -0.443 e. The molecular weight excluding hydrogens is 276 g/mol. The number of nitrogens with one attached hydrogen (secondary N) is 1. The van der Waals surface area contributed by atoms with Gasteiger partial charge in [-0.25, -0.2) is 15.0 Å². The second-order valence-corrected chi connectivity index (χ2v) is 6.43. The number of carbonyl (C=O) groups is 3. The summed E-state index contributed by atoms with van der Waals surface area (Å²) in [7, 11) is 0. The Hall–Kier alpha value is -2.05. The largest absolute Gasteiger partial charge is 0.443 e. The Morgan fingerprint density at radius 2 is 1.38 bits per heavy atom. The van der Waals surface area contributed by atoms with E-state index >= 15 is 0 Å². The van der Waals surface area contributed by atoms with E-state index in [4.69, 9.17) is 9.47 Å². The van der Waals surface area contributed by atoms with Gasteiger partial charge in [-0.05, 0) is 41.5 Å². The summed E-state index contributed by atoms with van der Waals surface area (Å²) in [6.07, 6.45) is -1.82. The molecule has 0 bridgehead atoms. The van der Waals surface area contributed by atoms with Crippen molar-refractivity contribution >= 4 is 18.0 Å². The summed E-state index contributed by atoms with van der Waals surface area (Å²) >= 11 is 0. The highest BCUT2D eigenvalue weighted by Gasteiger charge is 2.29. The number of allylic oxidation sites excluding steroid dienone is 1. The zero-order valence-corrected chi connectivity index (χ0v) is 13.7. The van der Waals surface area contributed by atoms with E-state index in [1.54, 1.807) is 41.5 Å². The number of ether oxygens (including phenoxy) is 2. The van der Waals surface area contributed by atoms with Crippen molar-refractivity contribution < 1.29 is 23.9 Å². The first-order valence-corrected chi connectivity index (χ1v) is 6.45. The maximum Gasteiger partial charge on any atom is 0.434 e. The Balaban J connectivity index is 5.09. The molecule has 0 radical (unpaired) electrons. The molecule has 0 aromatic carbocycles. The molecule has 21 heavy (non-hydrogen) atoms. The molecule has 0 unspecified atom stereocenters. The van der Waals surface area contributed by atoms with E-state index in [1.807, 2.05) is 0 Å².